The van der Waals surface area contributed by atoms with Gasteiger partial charge in [-0.3, -0.25) is 9.69 Å². The zero-order valence-corrected chi connectivity index (χ0v) is 13.8. The molecule has 0 atom stereocenters. The van der Waals surface area contributed by atoms with Crippen molar-refractivity contribution >= 4 is 23.3 Å². The first-order valence-electron chi connectivity index (χ1n) is 8.12. The number of rotatable bonds is 4. The number of fused-ring (bicyclic) bond motifs is 1. The normalized spacial score (nSPS) is 15.5. The highest BCUT2D eigenvalue weighted by Crippen LogP contribution is 2.36. The third-order valence-electron chi connectivity index (χ3n) is 4.21. The van der Waals surface area contributed by atoms with Crippen LogP contribution in [0.4, 0.5) is 20.6 Å². The Hall–Kier alpha value is -3.29. The van der Waals surface area contributed by atoms with Crippen LogP contribution in [-0.2, 0) is 4.79 Å². The van der Waals surface area contributed by atoms with Crippen molar-refractivity contribution < 1.29 is 23.5 Å². The molecule has 3 amide bonds. The lowest BCUT2D eigenvalue weighted by molar-refractivity contribution is -0.116. The number of nitrogens with one attached hydrogen (secondary N) is 1. The van der Waals surface area contributed by atoms with E-state index in [0.717, 1.165) is 0 Å². The smallest absolute Gasteiger partial charge is 0.325 e. The number of anilines is 2. The summed E-state index contributed by atoms with van der Waals surface area (Å²) in [6, 6.07) is 10.6. The predicted molar refractivity (Wildman–Crippen MR) is 91.9 cm³/mol. The van der Waals surface area contributed by atoms with Gasteiger partial charge in [0.05, 0.1) is 0 Å². The van der Waals surface area contributed by atoms with Crippen molar-refractivity contribution in [3.8, 4) is 11.5 Å². The Morgan fingerprint density at radius 3 is 2.81 bits per heavy atom. The molecule has 2 heterocycles. The molecule has 8 heteroatoms. The van der Waals surface area contributed by atoms with Crippen LogP contribution in [0.5, 0.6) is 11.5 Å². The standard InChI is InChI=1S/C18H16FN3O4/c19-12-2-1-3-13(8-12)20-17(23)10-21-6-7-22(18(21)24)14-4-5-15-16(9-14)26-11-25-15/h1-5,8-9H,6-7,10-11H2,(H,20,23). The van der Waals surface area contributed by atoms with Crippen LogP contribution in [-0.4, -0.2) is 43.3 Å². The number of carbonyl (C=O) groups is 2. The molecule has 0 bridgehead atoms. The van der Waals surface area contributed by atoms with Crippen molar-refractivity contribution in [3.63, 3.8) is 0 Å². The van der Waals surface area contributed by atoms with Gasteiger partial charge in [0.2, 0.25) is 12.7 Å². The van der Waals surface area contributed by atoms with E-state index in [0.29, 0.717) is 36.0 Å². The molecule has 26 heavy (non-hydrogen) atoms. The van der Waals surface area contributed by atoms with Crippen molar-refractivity contribution in [2.45, 2.75) is 0 Å². The average Bonchev–Trinajstić information content (AvgIpc) is 3.21. The highest BCUT2D eigenvalue weighted by atomic mass is 19.1. The zero-order chi connectivity index (χ0) is 18.1. The van der Waals surface area contributed by atoms with Gasteiger partial charge in [-0.2, -0.15) is 0 Å². The van der Waals surface area contributed by atoms with E-state index in [2.05, 4.69) is 5.32 Å². The van der Waals surface area contributed by atoms with E-state index in [1.165, 1.54) is 23.1 Å². The Morgan fingerprint density at radius 2 is 1.96 bits per heavy atom. The summed E-state index contributed by atoms with van der Waals surface area (Å²) in [4.78, 5) is 27.8. The summed E-state index contributed by atoms with van der Waals surface area (Å²) in [5, 5.41) is 2.59. The Kier molecular flexibility index (Phi) is 4.08. The number of ether oxygens (including phenoxy) is 2. The summed E-state index contributed by atoms with van der Waals surface area (Å²) in [6.45, 7) is 0.949. The summed E-state index contributed by atoms with van der Waals surface area (Å²) >= 11 is 0. The lowest BCUT2D eigenvalue weighted by atomic mass is 10.2. The molecule has 7 nitrogen and oxygen atoms in total. The van der Waals surface area contributed by atoms with E-state index < -0.39 is 5.82 Å². The van der Waals surface area contributed by atoms with Gasteiger partial charge in [0.1, 0.15) is 12.4 Å². The summed E-state index contributed by atoms with van der Waals surface area (Å²) in [6.07, 6.45) is 0. The molecule has 2 aliphatic heterocycles. The van der Waals surface area contributed by atoms with E-state index in [-0.39, 0.29) is 25.3 Å². The second-order valence-electron chi connectivity index (χ2n) is 5.95. The summed E-state index contributed by atoms with van der Waals surface area (Å²) in [7, 11) is 0. The molecular formula is C18H16FN3O4. The molecule has 0 aliphatic carbocycles. The fourth-order valence-corrected chi connectivity index (χ4v) is 2.96. The number of urea groups is 1. The highest BCUT2D eigenvalue weighted by molar-refractivity contribution is 5.99. The second-order valence-corrected chi connectivity index (χ2v) is 5.95. The lowest BCUT2D eigenvalue weighted by Crippen LogP contribution is -2.37. The fourth-order valence-electron chi connectivity index (χ4n) is 2.96. The molecule has 2 aromatic carbocycles. The molecular weight excluding hydrogens is 341 g/mol. The van der Waals surface area contributed by atoms with E-state index in [1.807, 2.05) is 0 Å². The Bertz CT molecular complexity index is 873. The lowest BCUT2D eigenvalue weighted by Gasteiger charge is -2.18. The highest BCUT2D eigenvalue weighted by Gasteiger charge is 2.31. The number of carbonyl (C=O) groups excluding carboxylic acids is 2. The molecule has 1 N–H and O–H groups in total. The number of hydrogen-bond acceptors (Lipinski definition) is 4. The third kappa shape index (κ3) is 3.13. The largest absolute Gasteiger partial charge is 0.454 e. The van der Waals surface area contributed by atoms with Gasteiger partial charge in [-0.1, -0.05) is 6.07 Å². The maximum absolute atomic E-state index is 13.2. The molecule has 0 spiro atoms. The topological polar surface area (TPSA) is 71.1 Å². The predicted octanol–water partition coefficient (Wildman–Crippen LogP) is 2.44. The van der Waals surface area contributed by atoms with E-state index in [9.17, 15) is 14.0 Å². The number of hydrogen-bond donors (Lipinski definition) is 1. The maximum atomic E-state index is 13.2. The first kappa shape index (κ1) is 16.2. The average molecular weight is 357 g/mol. The van der Waals surface area contributed by atoms with Crippen LogP contribution >= 0.6 is 0 Å². The van der Waals surface area contributed by atoms with Crippen molar-refractivity contribution in [3.05, 3.63) is 48.3 Å². The first-order valence-corrected chi connectivity index (χ1v) is 8.12. The van der Waals surface area contributed by atoms with Gasteiger partial charge in [-0.15, -0.1) is 0 Å². The van der Waals surface area contributed by atoms with Crippen LogP contribution in [0.2, 0.25) is 0 Å². The molecule has 1 saturated heterocycles. The third-order valence-corrected chi connectivity index (χ3v) is 4.21. The first-order chi connectivity index (χ1) is 12.6. The monoisotopic (exact) mass is 357 g/mol. The molecule has 4 rings (SSSR count). The minimum Gasteiger partial charge on any atom is -0.454 e. The molecule has 0 radical (unpaired) electrons. The van der Waals surface area contributed by atoms with Gasteiger partial charge >= 0.3 is 6.03 Å². The van der Waals surface area contributed by atoms with Crippen LogP contribution < -0.4 is 19.7 Å². The minimum absolute atomic E-state index is 0.101. The van der Waals surface area contributed by atoms with Gasteiger partial charge in [0.15, 0.2) is 11.5 Å². The summed E-state index contributed by atoms with van der Waals surface area (Å²) in [5.41, 5.74) is 1.04. The van der Waals surface area contributed by atoms with Crippen molar-refractivity contribution in [1.29, 1.82) is 0 Å². The SMILES string of the molecule is O=C(CN1CCN(c2ccc3c(c2)OCO3)C1=O)Nc1cccc(F)c1. The van der Waals surface area contributed by atoms with Gasteiger partial charge in [-0.05, 0) is 30.3 Å². The van der Waals surface area contributed by atoms with E-state index >= 15 is 0 Å². The zero-order valence-electron chi connectivity index (χ0n) is 13.8. The van der Waals surface area contributed by atoms with Crippen LogP contribution in [0.1, 0.15) is 0 Å². The second kappa shape index (κ2) is 6.55. The molecule has 134 valence electrons. The van der Waals surface area contributed by atoms with Crippen LogP contribution in [0, 0.1) is 5.82 Å². The van der Waals surface area contributed by atoms with Crippen LogP contribution in [0.3, 0.4) is 0 Å². The maximum Gasteiger partial charge on any atom is 0.325 e. The molecule has 2 aliphatic rings. The summed E-state index contributed by atoms with van der Waals surface area (Å²) < 4.78 is 23.8. The van der Waals surface area contributed by atoms with Gasteiger partial charge < -0.3 is 19.7 Å². The summed E-state index contributed by atoms with van der Waals surface area (Å²) in [5.74, 6) is 0.426. The van der Waals surface area contributed by atoms with Crippen LogP contribution in [0.25, 0.3) is 0 Å². The Balaban J connectivity index is 1.40. The van der Waals surface area contributed by atoms with Crippen molar-refractivity contribution in [2.24, 2.45) is 0 Å². The quantitative estimate of drug-likeness (QED) is 0.912. The number of nitrogens with zero attached hydrogens (tertiary/aromatic N) is 2. The van der Waals surface area contributed by atoms with E-state index in [1.54, 1.807) is 29.2 Å². The Morgan fingerprint density at radius 1 is 1.12 bits per heavy atom. The minimum atomic E-state index is -0.436. The van der Waals surface area contributed by atoms with Crippen LogP contribution in [0.15, 0.2) is 42.5 Å². The number of benzene rings is 2. The fraction of sp³-hybridized carbons (Fsp3) is 0.222. The number of amides is 3. The van der Waals surface area contributed by atoms with Gasteiger partial charge in [0, 0.05) is 30.5 Å². The molecule has 0 unspecified atom stereocenters. The molecule has 2 aromatic rings. The molecule has 0 aromatic heterocycles. The Labute approximate surface area is 148 Å². The molecule has 1 fully saturated rings. The number of halogens is 1. The van der Waals surface area contributed by atoms with Crippen molar-refractivity contribution in [1.82, 2.24) is 4.90 Å². The van der Waals surface area contributed by atoms with Gasteiger partial charge in [-0.25, -0.2) is 9.18 Å². The van der Waals surface area contributed by atoms with Gasteiger partial charge in [0.25, 0.3) is 0 Å². The molecule has 0 saturated carbocycles. The van der Waals surface area contributed by atoms with Crippen molar-refractivity contribution in [2.75, 3.05) is 36.6 Å². The van der Waals surface area contributed by atoms with E-state index in [4.69, 9.17) is 9.47 Å².